The molecule has 9 nitrogen and oxygen atoms in total. The van der Waals surface area contributed by atoms with Gasteiger partial charge >= 0.3 is 20.2 Å². The Morgan fingerprint density at radius 1 is 0.744 bits per heavy atom. The van der Waals surface area contributed by atoms with Crippen molar-refractivity contribution in [3.05, 3.63) is 206 Å². The van der Waals surface area contributed by atoms with Gasteiger partial charge in [0.25, 0.3) is 0 Å². The van der Waals surface area contributed by atoms with Crippen LogP contribution in [0.2, 0.25) is 0 Å². The first-order chi connectivity index (χ1) is 36.8. The fourth-order valence-electron chi connectivity index (χ4n) is 10.9. The Balaban J connectivity index is 1.11. The van der Waals surface area contributed by atoms with Gasteiger partial charge in [-0.1, -0.05) is 119 Å². The van der Waals surface area contributed by atoms with E-state index in [9.17, 15) is 35.7 Å². The standard InChI is InChI=1S/C61H60F7N4O5P/c1-9-42-22-17-23-43(10-2)54(42)72-55(48-35-70(59(7,8)57(48)69-72)34-44-24-25-45(60(63,64)65)32-49(44)61(66,67)68)46-26-27-50(62)56-47(46)28-29-71(56)52(73)33-58(5,6)53-39(4)30-38(3)31-51(53)77-78(74,75-36-40-18-13-11-14-19-40)76-37-41-20-15-12-16-21-41/h11-32H,9-10,33-37H2,1-8H3. The van der Waals surface area contributed by atoms with E-state index in [1.165, 1.54) is 16.8 Å². The van der Waals surface area contributed by atoms with Crippen molar-refractivity contribution in [3.8, 4) is 22.7 Å². The van der Waals surface area contributed by atoms with Crippen molar-refractivity contribution in [1.29, 1.82) is 0 Å². The lowest BCUT2D eigenvalue weighted by Crippen LogP contribution is -2.36. The Morgan fingerprint density at radius 2 is 1.36 bits per heavy atom. The lowest BCUT2D eigenvalue weighted by Gasteiger charge is -2.33. The summed E-state index contributed by atoms with van der Waals surface area (Å²) in [4.78, 5) is 16.7. The smallest absolute Gasteiger partial charge is 0.404 e. The number of nitrogens with zero attached hydrogens (tertiary/aromatic N) is 4. The number of alkyl halides is 6. The number of aryl methyl sites for hydroxylation is 4. The van der Waals surface area contributed by atoms with Gasteiger partial charge in [-0.05, 0) is 116 Å². The average molecular weight is 1090 g/mol. The molecule has 8 aromatic rings. The maximum Gasteiger partial charge on any atom is 0.530 e. The van der Waals surface area contributed by atoms with E-state index in [4.69, 9.17) is 18.7 Å². The van der Waals surface area contributed by atoms with E-state index in [1.807, 2.05) is 131 Å². The number of rotatable bonds is 17. The van der Waals surface area contributed by atoms with E-state index in [1.54, 1.807) is 36.9 Å². The van der Waals surface area contributed by atoms with E-state index in [0.29, 0.717) is 52.4 Å². The van der Waals surface area contributed by atoms with Crippen LogP contribution in [0.4, 0.5) is 30.7 Å². The predicted molar refractivity (Wildman–Crippen MR) is 287 cm³/mol. The molecule has 0 saturated carbocycles. The van der Waals surface area contributed by atoms with Gasteiger partial charge in [0.05, 0.1) is 52.5 Å². The Labute approximate surface area is 449 Å². The Bertz CT molecular complexity index is 3520. The van der Waals surface area contributed by atoms with E-state index >= 15 is 4.39 Å². The third kappa shape index (κ3) is 11.1. The molecule has 0 bridgehead atoms. The van der Waals surface area contributed by atoms with Gasteiger partial charge in [0.1, 0.15) is 11.6 Å². The van der Waals surface area contributed by atoms with Crippen LogP contribution in [-0.4, -0.2) is 25.2 Å². The molecule has 3 heterocycles. The molecule has 1 aliphatic heterocycles. The van der Waals surface area contributed by atoms with Crippen molar-refractivity contribution in [1.82, 2.24) is 19.2 Å². The second-order valence-corrected chi connectivity index (χ2v) is 22.6. The molecule has 0 atom stereocenters. The molecule has 408 valence electrons. The molecule has 0 aliphatic carbocycles. The lowest BCUT2D eigenvalue weighted by atomic mass is 9.78. The zero-order valence-corrected chi connectivity index (χ0v) is 45.5. The molecule has 0 amide bonds. The number of hydrogen-bond donors (Lipinski definition) is 0. The molecule has 0 N–H and O–H groups in total. The molecule has 0 radical (unpaired) electrons. The van der Waals surface area contributed by atoms with E-state index in [2.05, 4.69) is 0 Å². The molecule has 0 unspecified atom stereocenters. The topological polar surface area (TPSA) is 87.8 Å². The normalized spacial score (nSPS) is 14.1. The van der Waals surface area contributed by atoms with Crippen LogP contribution in [0.15, 0.2) is 134 Å². The van der Waals surface area contributed by atoms with Crippen LogP contribution in [0.5, 0.6) is 5.75 Å². The Hall–Kier alpha value is -6.84. The second kappa shape index (κ2) is 21.4. The number of aromatic nitrogens is 3. The molecule has 17 heteroatoms. The van der Waals surface area contributed by atoms with Gasteiger partial charge in [0, 0.05) is 53.2 Å². The zero-order chi connectivity index (χ0) is 56.1. The van der Waals surface area contributed by atoms with Crippen molar-refractivity contribution < 1.29 is 53.7 Å². The molecule has 6 aromatic carbocycles. The summed E-state index contributed by atoms with van der Waals surface area (Å²) in [5, 5.41) is 5.62. The summed E-state index contributed by atoms with van der Waals surface area (Å²) in [6.07, 6.45) is -7.52. The van der Waals surface area contributed by atoms with Crippen LogP contribution >= 0.6 is 7.82 Å². The van der Waals surface area contributed by atoms with Gasteiger partial charge in [0.15, 0.2) is 0 Å². The van der Waals surface area contributed by atoms with Crippen molar-refractivity contribution in [2.24, 2.45) is 0 Å². The fourth-order valence-corrected chi connectivity index (χ4v) is 12.1. The van der Waals surface area contributed by atoms with Gasteiger partial charge < -0.3 is 4.52 Å². The van der Waals surface area contributed by atoms with Gasteiger partial charge in [-0.15, -0.1) is 0 Å². The van der Waals surface area contributed by atoms with Crippen molar-refractivity contribution >= 4 is 24.6 Å². The molecule has 78 heavy (non-hydrogen) atoms. The summed E-state index contributed by atoms with van der Waals surface area (Å²) >= 11 is 0. The minimum Gasteiger partial charge on any atom is -0.404 e. The van der Waals surface area contributed by atoms with Crippen LogP contribution in [0.1, 0.15) is 120 Å². The first-order valence-electron chi connectivity index (χ1n) is 25.7. The van der Waals surface area contributed by atoms with E-state index in [-0.39, 0.29) is 55.6 Å². The maximum absolute atomic E-state index is 16.7. The first kappa shape index (κ1) is 55.9. The highest BCUT2D eigenvalue weighted by molar-refractivity contribution is 7.48. The van der Waals surface area contributed by atoms with Crippen molar-refractivity contribution in [2.45, 2.75) is 124 Å². The predicted octanol–water partition coefficient (Wildman–Crippen LogP) is 16.6. The molecule has 1 aliphatic rings. The molecular weight excluding hydrogens is 1030 g/mol. The number of carbonyl (C=O) groups excluding carboxylic acids is 1. The Kier molecular flexibility index (Phi) is 15.4. The maximum atomic E-state index is 16.7. The monoisotopic (exact) mass is 1090 g/mol. The number of para-hydroxylation sites is 1. The Morgan fingerprint density at radius 3 is 1.94 bits per heavy atom. The third-order valence-corrected chi connectivity index (χ3v) is 16.0. The minimum absolute atomic E-state index is 0.0202. The zero-order valence-electron chi connectivity index (χ0n) is 44.6. The highest BCUT2D eigenvalue weighted by Gasteiger charge is 2.46. The number of phosphoric acid groups is 1. The van der Waals surface area contributed by atoms with Crippen LogP contribution in [0.25, 0.3) is 27.8 Å². The highest BCUT2D eigenvalue weighted by atomic mass is 31.2. The quantitative estimate of drug-likeness (QED) is 0.0663. The number of halogens is 7. The van der Waals surface area contributed by atoms with Crippen molar-refractivity contribution in [2.75, 3.05) is 0 Å². The van der Waals surface area contributed by atoms with Gasteiger partial charge in [-0.2, -0.15) is 31.4 Å². The third-order valence-electron chi connectivity index (χ3n) is 14.7. The van der Waals surface area contributed by atoms with E-state index < -0.39 is 54.0 Å². The number of benzene rings is 6. The number of fused-ring (bicyclic) bond motifs is 2. The molecule has 9 rings (SSSR count). The van der Waals surface area contributed by atoms with Crippen LogP contribution in [-0.2, 0) is 76.1 Å². The van der Waals surface area contributed by atoms with Crippen molar-refractivity contribution in [3.63, 3.8) is 0 Å². The summed E-state index contributed by atoms with van der Waals surface area (Å²) in [6, 6.07) is 34.2. The molecule has 0 fully saturated rings. The average Bonchev–Trinajstić information content (AvgIpc) is 4.23. The SMILES string of the molecule is CCc1cccc(CC)c1-n1nc2c(c1-c1ccc(F)c3c1ccn3C(=O)CC(C)(C)c1c(C)cc(C)cc1OP(=O)(OCc1ccccc1)OCc1ccccc1)CN(Cc1ccc(C(F)(F)F)cc1C(F)(F)F)C2(C)C. The summed E-state index contributed by atoms with van der Waals surface area (Å²) in [5.74, 6) is -0.984. The van der Waals surface area contributed by atoms with Gasteiger partial charge in [-0.25, -0.2) is 13.6 Å². The van der Waals surface area contributed by atoms with E-state index in [0.717, 1.165) is 45.1 Å². The summed E-state index contributed by atoms with van der Waals surface area (Å²) in [5.41, 5.74) is 3.16. The van der Waals surface area contributed by atoms with Gasteiger partial charge in [0.2, 0.25) is 5.91 Å². The summed E-state index contributed by atoms with van der Waals surface area (Å²) < 4.78 is 138. The molecule has 2 aromatic heterocycles. The van der Waals surface area contributed by atoms with Crippen LogP contribution in [0, 0.1) is 19.7 Å². The minimum atomic E-state index is -5.08. The molecule has 0 saturated heterocycles. The largest absolute Gasteiger partial charge is 0.530 e. The van der Waals surface area contributed by atoms with Crippen LogP contribution < -0.4 is 4.52 Å². The number of phosphoric ester groups is 1. The lowest BCUT2D eigenvalue weighted by molar-refractivity contribution is -0.143. The summed E-state index contributed by atoms with van der Waals surface area (Å²) in [6.45, 7) is 14.5. The summed E-state index contributed by atoms with van der Waals surface area (Å²) in [7, 11) is -4.38. The second-order valence-electron chi connectivity index (χ2n) is 21.0. The molecule has 0 spiro atoms. The first-order valence-corrected chi connectivity index (χ1v) is 27.2. The highest BCUT2D eigenvalue weighted by Crippen LogP contribution is 2.54. The van der Waals surface area contributed by atoms with Gasteiger partial charge in [-0.3, -0.25) is 23.3 Å². The fraction of sp³-hybridized carbons (Fsp3) is 0.311. The number of carbonyl (C=O) groups is 1. The number of hydrogen-bond acceptors (Lipinski definition) is 7. The molecular formula is C61H60F7N4O5P. The van der Waals surface area contributed by atoms with Crippen LogP contribution in [0.3, 0.4) is 0 Å².